The zero-order valence-corrected chi connectivity index (χ0v) is 20.9. The smallest absolute Gasteiger partial charge is 0.258 e. The lowest BCUT2D eigenvalue weighted by Crippen LogP contribution is -2.58. The summed E-state index contributed by atoms with van der Waals surface area (Å²) in [6.07, 6.45) is 4.59. The monoisotopic (exact) mass is 482 g/mol. The molecule has 3 N–H and O–H groups in total. The Kier molecular flexibility index (Phi) is 7.85. The second kappa shape index (κ2) is 10.9. The molecule has 0 radical (unpaired) electrons. The molecule has 7 heteroatoms. The maximum absolute atomic E-state index is 12.9. The summed E-state index contributed by atoms with van der Waals surface area (Å²) in [5, 5.41) is 17.6. The van der Waals surface area contributed by atoms with E-state index < -0.39 is 6.10 Å². The lowest BCUT2D eigenvalue weighted by atomic mass is 9.51. The van der Waals surface area contributed by atoms with E-state index in [1.807, 2.05) is 43.3 Å². The Morgan fingerprint density at radius 1 is 1.17 bits per heavy atom. The van der Waals surface area contributed by atoms with Gasteiger partial charge in [0.15, 0.2) is 6.61 Å². The summed E-state index contributed by atoms with van der Waals surface area (Å²) >= 11 is 0. The van der Waals surface area contributed by atoms with Crippen LogP contribution in [0.3, 0.4) is 0 Å². The number of aliphatic hydroxyl groups excluding tert-OH is 1. The zero-order chi connectivity index (χ0) is 25.0. The number of rotatable bonds is 8. The first-order valence-electron chi connectivity index (χ1n) is 12.7. The Hall–Kier alpha value is -2.80. The quantitative estimate of drug-likeness (QED) is 0.530. The van der Waals surface area contributed by atoms with Gasteiger partial charge >= 0.3 is 0 Å². The van der Waals surface area contributed by atoms with E-state index in [0.717, 1.165) is 25.7 Å². The van der Waals surface area contributed by atoms with Crippen molar-refractivity contribution in [3.05, 3.63) is 54.5 Å². The fraction of sp³-hybridized carbons (Fsp3) is 0.571. The van der Waals surface area contributed by atoms with Gasteiger partial charge in [0.25, 0.3) is 5.91 Å². The van der Waals surface area contributed by atoms with E-state index in [4.69, 9.17) is 9.15 Å². The molecule has 2 saturated carbocycles. The second-order valence-corrected chi connectivity index (χ2v) is 10.6. The molecule has 0 aliphatic heterocycles. The molecule has 7 atom stereocenters. The van der Waals surface area contributed by atoms with E-state index in [0.29, 0.717) is 18.1 Å². The number of hydrogen-bond acceptors (Lipinski definition) is 5. The Morgan fingerprint density at radius 2 is 1.91 bits per heavy atom. The average molecular weight is 483 g/mol. The summed E-state index contributed by atoms with van der Waals surface area (Å²) < 4.78 is 10.9. The van der Waals surface area contributed by atoms with Crippen LogP contribution in [0.4, 0.5) is 0 Å². The summed E-state index contributed by atoms with van der Waals surface area (Å²) in [5.41, 5.74) is 0.00145. The molecule has 35 heavy (non-hydrogen) atoms. The van der Waals surface area contributed by atoms with Crippen LogP contribution in [0.2, 0.25) is 0 Å². The molecule has 7 unspecified atom stereocenters. The summed E-state index contributed by atoms with van der Waals surface area (Å²) in [4.78, 5) is 25.5. The van der Waals surface area contributed by atoms with Gasteiger partial charge in [0.2, 0.25) is 5.91 Å². The van der Waals surface area contributed by atoms with Gasteiger partial charge in [0.1, 0.15) is 11.5 Å². The molecular weight excluding hydrogens is 444 g/mol. The fourth-order valence-electron chi connectivity index (χ4n) is 6.35. The molecule has 2 aliphatic rings. The predicted molar refractivity (Wildman–Crippen MR) is 132 cm³/mol. The number of carbonyl (C=O) groups is 2. The van der Waals surface area contributed by atoms with Gasteiger partial charge in [-0.25, -0.2) is 0 Å². The maximum atomic E-state index is 12.9. The normalized spacial score (nSPS) is 31.1. The van der Waals surface area contributed by atoms with Gasteiger partial charge in [-0.2, -0.15) is 0 Å². The Balaban J connectivity index is 1.36. The highest BCUT2D eigenvalue weighted by Gasteiger charge is 2.53. The van der Waals surface area contributed by atoms with Gasteiger partial charge in [-0.1, -0.05) is 39.0 Å². The minimum Gasteiger partial charge on any atom is -0.484 e. The first-order chi connectivity index (χ1) is 16.8. The fourth-order valence-corrected chi connectivity index (χ4v) is 6.35. The molecule has 1 heterocycles. The number of benzene rings is 1. The SMILES string of the molecule is CC(C(=O)NCc1ccco1)C1CCC2(C)CCC(NC(=O)COc3ccccc3)C(C)C2C1O. The van der Waals surface area contributed by atoms with E-state index >= 15 is 0 Å². The van der Waals surface area contributed by atoms with Crippen LogP contribution >= 0.6 is 0 Å². The molecule has 0 saturated heterocycles. The average Bonchev–Trinajstić information content (AvgIpc) is 3.37. The van der Waals surface area contributed by atoms with Crippen molar-refractivity contribution < 1.29 is 23.8 Å². The van der Waals surface area contributed by atoms with E-state index in [-0.39, 0.29) is 53.5 Å². The zero-order valence-electron chi connectivity index (χ0n) is 20.9. The lowest BCUT2D eigenvalue weighted by Gasteiger charge is -2.56. The second-order valence-electron chi connectivity index (χ2n) is 10.6. The van der Waals surface area contributed by atoms with Crippen LogP contribution in [-0.4, -0.2) is 35.7 Å². The number of fused-ring (bicyclic) bond motifs is 1. The predicted octanol–water partition coefficient (Wildman–Crippen LogP) is 3.92. The molecule has 2 aliphatic carbocycles. The van der Waals surface area contributed by atoms with Gasteiger partial charge in [0, 0.05) is 12.0 Å². The molecular formula is C28H38N2O5. The highest BCUT2D eigenvalue weighted by Crippen LogP contribution is 2.55. The maximum Gasteiger partial charge on any atom is 0.258 e. The third kappa shape index (κ3) is 5.72. The summed E-state index contributed by atoms with van der Waals surface area (Å²) in [6.45, 7) is 6.59. The number of aliphatic hydroxyl groups is 1. The molecule has 7 nitrogen and oxygen atoms in total. The third-order valence-corrected chi connectivity index (χ3v) is 8.42. The number of nitrogens with one attached hydrogen (secondary N) is 2. The van der Waals surface area contributed by atoms with E-state index in [1.165, 1.54) is 0 Å². The first kappa shape index (κ1) is 25.3. The van der Waals surface area contributed by atoms with Gasteiger partial charge < -0.3 is 24.9 Å². The van der Waals surface area contributed by atoms with Crippen molar-refractivity contribution in [2.24, 2.45) is 29.1 Å². The van der Waals surface area contributed by atoms with Crippen LogP contribution in [-0.2, 0) is 16.1 Å². The number of carbonyl (C=O) groups excluding carboxylic acids is 2. The highest BCUT2D eigenvalue weighted by molar-refractivity contribution is 5.78. The highest BCUT2D eigenvalue weighted by atomic mass is 16.5. The molecule has 0 spiro atoms. The molecule has 2 aromatic rings. The van der Waals surface area contributed by atoms with Crippen molar-refractivity contribution in [1.29, 1.82) is 0 Å². The molecule has 4 rings (SSSR count). The minimum absolute atomic E-state index is 0.00145. The number of para-hydroxylation sites is 1. The first-order valence-corrected chi connectivity index (χ1v) is 12.7. The molecule has 1 aromatic heterocycles. The number of furan rings is 1. The minimum atomic E-state index is -0.603. The van der Waals surface area contributed by atoms with Crippen LogP contribution < -0.4 is 15.4 Å². The van der Waals surface area contributed by atoms with Crippen LogP contribution in [0.1, 0.15) is 52.2 Å². The number of amides is 2. The standard InChI is InChI=1S/C28H38N2O5/c1-18(27(33)29-16-21-10-7-15-34-21)22-11-13-28(3)14-12-23(19(2)25(28)26(22)32)30-24(31)17-35-20-8-5-4-6-9-20/h4-10,15,18-19,22-23,25-26,32H,11-14,16-17H2,1-3H3,(H,29,33)(H,30,31). The molecule has 2 amide bonds. The largest absolute Gasteiger partial charge is 0.484 e. The van der Waals surface area contributed by atoms with Crippen molar-refractivity contribution in [1.82, 2.24) is 10.6 Å². The van der Waals surface area contributed by atoms with Crippen molar-refractivity contribution in [3.8, 4) is 5.75 Å². The van der Waals surface area contributed by atoms with Crippen molar-refractivity contribution in [2.45, 2.75) is 65.1 Å². The van der Waals surface area contributed by atoms with Gasteiger partial charge in [-0.05, 0) is 73.1 Å². The Morgan fingerprint density at radius 3 is 2.63 bits per heavy atom. The summed E-state index contributed by atoms with van der Waals surface area (Å²) in [5.74, 6) is 0.812. The summed E-state index contributed by atoms with van der Waals surface area (Å²) in [6, 6.07) is 12.9. The van der Waals surface area contributed by atoms with E-state index in [2.05, 4.69) is 24.5 Å². The molecule has 2 fully saturated rings. The van der Waals surface area contributed by atoms with Crippen LogP contribution in [0, 0.1) is 29.1 Å². The van der Waals surface area contributed by atoms with Gasteiger partial charge in [-0.15, -0.1) is 0 Å². The molecule has 0 bridgehead atoms. The van der Waals surface area contributed by atoms with E-state index in [9.17, 15) is 14.7 Å². The summed E-state index contributed by atoms with van der Waals surface area (Å²) in [7, 11) is 0. The van der Waals surface area contributed by atoms with Crippen LogP contribution in [0.25, 0.3) is 0 Å². The lowest BCUT2D eigenvalue weighted by molar-refractivity contribution is -0.144. The van der Waals surface area contributed by atoms with Crippen molar-refractivity contribution >= 4 is 11.8 Å². The number of ether oxygens (including phenoxy) is 1. The third-order valence-electron chi connectivity index (χ3n) is 8.42. The van der Waals surface area contributed by atoms with Crippen LogP contribution in [0.15, 0.2) is 53.1 Å². The topological polar surface area (TPSA) is 101 Å². The van der Waals surface area contributed by atoms with Crippen molar-refractivity contribution in [3.63, 3.8) is 0 Å². The van der Waals surface area contributed by atoms with Gasteiger partial charge in [0.05, 0.1) is 18.9 Å². The molecule has 1 aromatic carbocycles. The van der Waals surface area contributed by atoms with Crippen molar-refractivity contribution in [2.75, 3.05) is 6.61 Å². The Labute approximate surface area is 207 Å². The van der Waals surface area contributed by atoms with Crippen LogP contribution in [0.5, 0.6) is 5.75 Å². The Bertz CT molecular complexity index is 978. The number of hydrogen-bond donors (Lipinski definition) is 3. The van der Waals surface area contributed by atoms with E-state index in [1.54, 1.807) is 12.3 Å². The van der Waals surface area contributed by atoms with Gasteiger partial charge in [-0.3, -0.25) is 9.59 Å². The molecule has 190 valence electrons.